The van der Waals surface area contributed by atoms with Crippen LogP contribution in [0, 0.1) is 0 Å². The minimum atomic E-state index is -0.259. The number of hydrogen-bond acceptors (Lipinski definition) is 5. The Morgan fingerprint density at radius 2 is 2.17 bits per heavy atom. The second-order valence-corrected chi connectivity index (χ2v) is 6.82. The Bertz CT molecular complexity index is 591. The van der Waals surface area contributed by atoms with Crippen LogP contribution in [0.15, 0.2) is 23.4 Å². The molecule has 1 unspecified atom stereocenters. The molecule has 1 saturated heterocycles. The van der Waals surface area contributed by atoms with Crippen molar-refractivity contribution in [1.29, 1.82) is 0 Å². The van der Waals surface area contributed by atoms with Crippen molar-refractivity contribution in [2.75, 3.05) is 19.8 Å². The van der Waals surface area contributed by atoms with Gasteiger partial charge in [-0.05, 0) is 38.5 Å². The molecule has 0 N–H and O–H groups in total. The fourth-order valence-electron chi connectivity index (χ4n) is 2.96. The molecule has 2 heterocycles. The predicted molar refractivity (Wildman–Crippen MR) is 93.0 cm³/mol. The van der Waals surface area contributed by atoms with Crippen molar-refractivity contribution < 1.29 is 19.0 Å². The van der Waals surface area contributed by atoms with E-state index >= 15 is 0 Å². The van der Waals surface area contributed by atoms with E-state index in [-0.39, 0.29) is 11.7 Å². The number of rotatable bonds is 7. The average molecular weight is 333 g/mol. The van der Waals surface area contributed by atoms with Gasteiger partial charge in [-0.1, -0.05) is 18.5 Å². The van der Waals surface area contributed by atoms with Gasteiger partial charge >= 0.3 is 0 Å². The number of benzene rings is 1. The van der Waals surface area contributed by atoms with Crippen LogP contribution in [0.1, 0.15) is 52.0 Å². The highest BCUT2D eigenvalue weighted by molar-refractivity contribution is 6.02. The molecule has 3 rings (SSSR count). The normalized spacial score (nSPS) is 22.8. The second kappa shape index (κ2) is 7.43. The van der Waals surface area contributed by atoms with Gasteiger partial charge in [0.1, 0.15) is 0 Å². The number of nitrogens with zero attached hydrogens (tertiary/aromatic N) is 1. The van der Waals surface area contributed by atoms with Crippen LogP contribution in [0.5, 0.6) is 11.5 Å². The first kappa shape index (κ1) is 17.1. The Morgan fingerprint density at radius 1 is 1.29 bits per heavy atom. The zero-order chi connectivity index (χ0) is 17.0. The van der Waals surface area contributed by atoms with Crippen LogP contribution in [0.25, 0.3) is 0 Å². The van der Waals surface area contributed by atoms with E-state index < -0.39 is 0 Å². The highest BCUT2D eigenvalue weighted by Crippen LogP contribution is 2.36. The van der Waals surface area contributed by atoms with E-state index in [1.165, 1.54) is 0 Å². The molecule has 1 aromatic carbocycles. The summed E-state index contributed by atoms with van der Waals surface area (Å²) < 4.78 is 17.3. The third kappa shape index (κ3) is 3.83. The summed E-state index contributed by atoms with van der Waals surface area (Å²) in [5.41, 5.74) is 1.72. The molecule has 5 heteroatoms. The Hall–Kier alpha value is -1.75. The van der Waals surface area contributed by atoms with Gasteiger partial charge in [-0.2, -0.15) is 0 Å². The van der Waals surface area contributed by atoms with Crippen LogP contribution in [0.2, 0.25) is 0 Å². The van der Waals surface area contributed by atoms with Crippen LogP contribution >= 0.6 is 0 Å². The summed E-state index contributed by atoms with van der Waals surface area (Å²) in [5, 5.41) is 4.31. The standard InChI is InChI=1S/C19H27NO4/c1-4-5-9-22-17-7-6-15(11-18(17)23-14(2)3)16-12-19(24-20-16)8-10-21-13-19/h6-7,11,14H,4-5,8-10,12-13H2,1-3H3. The van der Waals surface area contributed by atoms with Crippen molar-refractivity contribution in [2.24, 2.45) is 5.16 Å². The molecular weight excluding hydrogens is 306 g/mol. The van der Waals surface area contributed by atoms with Crippen molar-refractivity contribution in [2.45, 2.75) is 58.2 Å². The summed E-state index contributed by atoms with van der Waals surface area (Å²) in [6, 6.07) is 6.02. The molecule has 132 valence electrons. The molecule has 0 aromatic heterocycles. The Labute approximate surface area is 143 Å². The minimum absolute atomic E-state index is 0.0881. The lowest BCUT2D eigenvalue weighted by Gasteiger charge is -2.18. The van der Waals surface area contributed by atoms with Crippen LogP contribution < -0.4 is 9.47 Å². The van der Waals surface area contributed by atoms with Crippen molar-refractivity contribution in [1.82, 2.24) is 0 Å². The quantitative estimate of drug-likeness (QED) is 0.709. The van der Waals surface area contributed by atoms with Gasteiger partial charge in [0.15, 0.2) is 17.1 Å². The van der Waals surface area contributed by atoms with E-state index in [9.17, 15) is 0 Å². The van der Waals surface area contributed by atoms with E-state index in [4.69, 9.17) is 19.0 Å². The average Bonchev–Trinajstić information content (AvgIpc) is 3.19. The lowest BCUT2D eigenvalue weighted by molar-refractivity contribution is -0.0237. The molecule has 0 amide bonds. The van der Waals surface area contributed by atoms with E-state index in [2.05, 4.69) is 12.1 Å². The highest BCUT2D eigenvalue weighted by Gasteiger charge is 2.43. The molecule has 2 aliphatic heterocycles. The Balaban J connectivity index is 1.76. The van der Waals surface area contributed by atoms with Crippen molar-refractivity contribution in [3.63, 3.8) is 0 Å². The van der Waals surface area contributed by atoms with Crippen LogP contribution in [0.4, 0.5) is 0 Å². The number of ether oxygens (including phenoxy) is 3. The van der Waals surface area contributed by atoms with Gasteiger partial charge in [0, 0.05) is 18.4 Å². The molecule has 0 saturated carbocycles. The maximum atomic E-state index is 5.95. The zero-order valence-electron chi connectivity index (χ0n) is 14.8. The first-order chi connectivity index (χ1) is 11.6. The molecule has 24 heavy (non-hydrogen) atoms. The minimum Gasteiger partial charge on any atom is -0.490 e. The summed E-state index contributed by atoms with van der Waals surface area (Å²) in [4.78, 5) is 5.69. The smallest absolute Gasteiger partial charge is 0.168 e. The maximum Gasteiger partial charge on any atom is 0.168 e. The molecule has 0 aliphatic carbocycles. The van der Waals surface area contributed by atoms with Crippen LogP contribution in [-0.4, -0.2) is 37.2 Å². The largest absolute Gasteiger partial charge is 0.490 e. The van der Waals surface area contributed by atoms with E-state index in [0.29, 0.717) is 13.2 Å². The van der Waals surface area contributed by atoms with E-state index in [1.54, 1.807) is 0 Å². The van der Waals surface area contributed by atoms with Crippen LogP contribution in [0.3, 0.4) is 0 Å². The molecule has 1 aromatic rings. The fourth-order valence-corrected chi connectivity index (χ4v) is 2.96. The second-order valence-electron chi connectivity index (χ2n) is 6.82. The third-order valence-electron chi connectivity index (χ3n) is 4.30. The summed E-state index contributed by atoms with van der Waals surface area (Å²) in [7, 11) is 0. The van der Waals surface area contributed by atoms with Crippen LogP contribution in [-0.2, 0) is 9.57 Å². The molecule has 1 fully saturated rings. The van der Waals surface area contributed by atoms with E-state index in [0.717, 1.165) is 55.1 Å². The van der Waals surface area contributed by atoms with Gasteiger partial charge < -0.3 is 19.0 Å². The first-order valence-electron chi connectivity index (χ1n) is 8.88. The lowest BCUT2D eigenvalue weighted by Crippen LogP contribution is -2.29. The van der Waals surface area contributed by atoms with Gasteiger partial charge in [0.05, 0.1) is 31.6 Å². The van der Waals surface area contributed by atoms with Gasteiger partial charge in [-0.15, -0.1) is 0 Å². The SMILES string of the molecule is CCCCOc1ccc(C2=NOC3(CCOC3)C2)cc1OC(C)C. The molecular formula is C19H27NO4. The summed E-state index contributed by atoms with van der Waals surface area (Å²) in [6.07, 6.45) is 3.91. The molecule has 1 spiro atoms. The topological polar surface area (TPSA) is 49.3 Å². The fraction of sp³-hybridized carbons (Fsp3) is 0.632. The summed E-state index contributed by atoms with van der Waals surface area (Å²) in [5.74, 6) is 1.56. The molecule has 0 bridgehead atoms. The van der Waals surface area contributed by atoms with Crippen molar-refractivity contribution in [3.8, 4) is 11.5 Å². The Kier molecular flexibility index (Phi) is 5.29. The van der Waals surface area contributed by atoms with Crippen molar-refractivity contribution in [3.05, 3.63) is 23.8 Å². The molecule has 1 atom stereocenters. The third-order valence-corrected chi connectivity index (χ3v) is 4.30. The maximum absolute atomic E-state index is 5.95. The van der Waals surface area contributed by atoms with Crippen molar-refractivity contribution >= 4 is 5.71 Å². The number of hydrogen-bond donors (Lipinski definition) is 0. The van der Waals surface area contributed by atoms with E-state index in [1.807, 2.05) is 32.0 Å². The van der Waals surface area contributed by atoms with Gasteiger partial charge in [0.2, 0.25) is 0 Å². The highest BCUT2D eigenvalue weighted by atomic mass is 16.7. The van der Waals surface area contributed by atoms with Gasteiger partial charge in [0.25, 0.3) is 0 Å². The van der Waals surface area contributed by atoms with Gasteiger partial charge in [-0.25, -0.2) is 0 Å². The monoisotopic (exact) mass is 333 g/mol. The zero-order valence-corrected chi connectivity index (χ0v) is 14.8. The number of oxime groups is 1. The molecule has 5 nitrogen and oxygen atoms in total. The lowest BCUT2D eigenvalue weighted by atomic mass is 9.93. The number of unbranched alkanes of at least 4 members (excludes halogenated alkanes) is 1. The summed E-state index contributed by atoms with van der Waals surface area (Å²) in [6.45, 7) is 8.25. The first-order valence-corrected chi connectivity index (χ1v) is 8.88. The Morgan fingerprint density at radius 3 is 2.88 bits per heavy atom. The molecule has 0 radical (unpaired) electrons. The summed E-state index contributed by atoms with van der Waals surface area (Å²) >= 11 is 0. The molecule has 2 aliphatic rings. The van der Waals surface area contributed by atoms with Gasteiger partial charge in [-0.3, -0.25) is 0 Å². The predicted octanol–water partition coefficient (Wildman–Crippen LogP) is 3.94.